The zero-order chi connectivity index (χ0) is 17.5. The van der Waals surface area contributed by atoms with Gasteiger partial charge in [-0.25, -0.2) is 0 Å². The van der Waals surface area contributed by atoms with Crippen molar-refractivity contribution in [2.75, 3.05) is 6.54 Å². The molecule has 1 amide bonds. The molecule has 1 aliphatic rings. The Bertz CT molecular complexity index is 1100. The molecule has 128 valence electrons. The topological polar surface area (TPSA) is 61.9 Å². The Kier molecular flexibility index (Phi) is 3.57. The van der Waals surface area contributed by atoms with Crippen LogP contribution in [0.15, 0.2) is 54.2 Å². The van der Waals surface area contributed by atoms with Crippen molar-refractivity contribution in [1.82, 2.24) is 20.1 Å². The highest BCUT2D eigenvalue weighted by atomic mass is 32.1. The number of hydrogen-bond donors (Lipinski definition) is 1. The molecule has 1 N–H and O–H groups in total. The van der Waals surface area contributed by atoms with E-state index in [9.17, 15) is 4.79 Å². The van der Waals surface area contributed by atoms with Crippen molar-refractivity contribution >= 4 is 27.5 Å². The van der Waals surface area contributed by atoms with Gasteiger partial charge in [0.05, 0.1) is 22.0 Å². The summed E-state index contributed by atoms with van der Waals surface area (Å²) in [6, 6.07) is 12.2. The number of hydrogen-bond acceptors (Lipinski definition) is 4. The van der Waals surface area contributed by atoms with Gasteiger partial charge in [0, 0.05) is 37.0 Å². The molecule has 0 aliphatic carbocycles. The van der Waals surface area contributed by atoms with E-state index in [0.717, 1.165) is 39.9 Å². The second-order valence-electron chi connectivity index (χ2n) is 6.41. The number of benzene rings is 1. The van der Waals surface area contributed by atoms with Crippen LogP contribution < -0.4 is 0 Å². The van der Waals surface area contributed by atoms with Crippen LogP contribution in [-0.4, -0.2) is 32.5 Å². The molecule has 26 heavy (non-hydrogen) atoms. The van der Waals surface area contributed by atoms with Crippen LogP contribution in [0.25, 0.3) is 21.3 Å². The smallest absolute Gasteiger partial charge is 0.255 e. The molecular formula is C20H16N4OS. The van der Waals surface area contributed by atoms with Crippen LogP contribution >= 0.6 is 11.3 Å². The molecule has 0 unspecified atom stereocenters. The molecule has 5 rings (SSSR count). The zero-order valence-corrected chi connectivity index (χ0v) is 14.8. The standard InChI is InChI=1S/C20H16N4OS/c25-20-19-13(2-1-3-16(19)14-10-21-22-11-14)12-24(20)8-6-15-4-5-18-17(23-15)7-9-26-18/h1-5,7,9-11H,6,8,12H2,(H,21,22). The Hall–Kier alpha value is -2.99. The van der Waals surface area contributed by atoms with Crippen LogP contribution in [0.2, 0.25) is 0 Å². The van der Waals surface area contributed by atoms with Crippen molar-refractivity contribution in [1.29, 1.82) is 0 Å². The lowest BCUT2D eigenvalue weighted by Gasteiger charge is -2.15. The highest BCUT2D eigenvalue weighted by Gasteiger charge is 2.30. The van der Waals surface area contributed by atoms with Crippen LogP contribution in [0.5, 0.6) is 0 Å². The Labute approximate surface area is 154 Å². The van der Waals surface area contributed by atoms with Gasteiger partial charge in [-0.3, -0.25) is 14.9 Å². The maximum Gasteiger partial charge on any atom is 0.255 e. The molecule has 0 saturated carbocycles. The van der Waals surface area contributed by atoms with E-state index in [0.29, 0.717) is 13.1 Å². The third-order valence-corrected chi connectivity index (χ3v) is 5.70. The van der Waals surface area contributed by atoms with Crippen LogP contribution in [0.3, 0.4) is 0 Å². The minimum absolute atomic E-state index is 0.0911. The van der Waals surface area contributed by atoms with Gasteiger partial charge >= 0.3 is 0 Å². The molecule has 0 radical (unpaired) electrons. The predicted molar refractivity (Wildman–Crippen MR) is 102 cm³/mol. The molecule has 0 bridgehead atoms. The largest absolute Gasteiger partial charge is 0.334 e. The number of fused-ring (bicyclic) bond motifs is 2. The van der Waals surface area contributed by atoms with Crippen LogP contribution in [0.4, 0.5) is 0 Å². The number of nitrogens with zero attached hydrogens (tertiary/aromatic N) is 3. The van der Waals surface area contributed by atoms with Gasteiger partial charge in [0.25, 0.3) is 5.91 Å². The molecule has 0 spiro atoms. The van der Waals surface area contributed by atoms with Crippen molar-refractivity contribution in [2.24, 2.45) is 0 Å². The van der Waals surface area contributed by atoms with E-state index in [-0.39, 0.29) is 5.91 Å². The fourth-order valence-corrected chi connectivity index (χ4v) is 4.25. The lowest BCUT2D eigenvalue weighted by atomic mass is 9.99. The number of thiophene rings is 1. The number of H-pyrrole nitrogens is 1. The number of amides is 1. The average Bonchev–Trinajstić information content (AvgIpc) is 3.40. The molecule has 1 aliphatic heterocycles. The molecular weight excluding hydrogens is 344 g/mol. The second kappa shape index (κ2) is 6.07. The second-order valence-corrected chi connectivity index (χ2v) is 7.36. The summed E-state index contributed by atoms with van der Waals surface area (Å²) < 4.78 is 1.20. The lowest BCUT2D eigenvalue weighted by molar-refractivity contribution is 0.0780. The Morgan fingerprint density at radius 3 is 3.04 bits per heavy atom. The average molecular weight is 360 g/mol. The molecule has 5 nitrogen and oxygen atoms in total. The van der Waals surface area contributed by atoms with Crippen molar-refractivity contribution in [3.05, 3.63) is 71.0 Å². The van der Waals surface area contributed by atoms with E-state index in [1.165, 1.54) is 4.70 Å². The number of carbonyl (C=O) groups is 1. The molecule has 4 heterocycles. The summed E-state index contributed by atoms with van der Waals surface area (Å²) in [6.07, 6.45) is 4.34. The summed E-state index contributed by atoms with van der Waals surface area (Å²) in [4.78, 5) is 19.6. The van der Waals surface area contributed by atoms with Gasteiger partial charge in [0.2, 0.25) is 0 Å². The maximum absolute atomic E-state index is 13.0. The molecule has 4 aromatic rings. The van der Waals surface area contributed by atoms with Gasteiger partial charge in [-0.1, -0.05) is 18.2 Å². The van der Waals surface area contributed by atoms with Gasteiger partial charge < -0.3 is 4.90 Å². The Morgan fingerprint density at radius 1 is 1.19 bits per heavy atom. The lowest BCUT2D eigenvalue weighted by Crippen LogP contribution is -2.26. The van der Waals surface area contributed by atoms with Crippen molar-refractivity contribution in [2.45, 2.75) is 13.0 Å². The quantitative estimate of drug-likeness (QED) is 0.601. The third-order valence-electron chi connectivity index (χ3n) is 4.82. The van der Waals surface area contributed by atoms with E-state index in [4.69, 9.17) is 0 Å². The minimum Gasteiger partial charge on any atom is -0.334 e. The number of aromatic nitrogens is 3. The normalized spacial score (nSPS) is 13.5. The van der Waals surface area contributed by atoms with E-state index in [1.807, 2.05) is 35.4 Å². The summed E-state index contributed by atoms with van der Waals surface area (Å²) in [7, 11) is 0. The van der Waals surface area contributed by atoms with Crippen LogP contribution in [-0.2, 0) is 13.0 Å². The molecule has 0 fully saturated rings. The fraction of sp³-hybridized carbons (Fsp3) is 0.150. The third kappa shape index (κ3) is 2.50. The van der Waals surface area contributed by atoms with Crippen molar-refractivity contribution in [3.63, 3.8) is 0 Å². The number of pyridine rings is 1. The van der Waals surface area contributed by atoms with Crippen LogP contribution in [0, 0.1) is 0 Å². The number of nitrogens with one attached hydrogen (secondary N) is 1. The fourth-order valence-electron chi connectivity index (χ4n) is 3.52. The number of aromatic amines is 1. The highest BCUT2D eigenvalue weighted by molar-refractivity contribution is 7.17. The first-order valence-corrected chi connectivity index (χ1v) is 9.41. The molecule has 0 atom stereocenters. The first-order chi connectivity index (χ1) is 12.8. The van der Waals surface area contributed by atoms with Gasteiger partial charge in [0.1, 0.15) is 0 Å². The summed E-state index contributed by atoms with van der Waals surface area (Å²) >= 11 is 1.70. The van der Waals surface area contributed by atoms with Crippen molar-refractivity contribution in [3.8, 4) is 11.1 Å². The molecule has 0 saturated heterocycles. The highest BCUT2D eigenvalue weighted by Crippen LogP contribution is 2.32. The van der Waals surface area contributed by atoms with E-state index in [2.05, 4.69) is 32.7 Å². The summed E-state index contributed by atoms with van der Waals surface area (Å²) in [5, 5.41) is 8.88. The maximum atomic E-state index is 13.0. The summed E-state index contributed by atoms with van der Waals surface area (Å²) in [6.45, 7) is 1.32. The number of rotatable bonds is 4. The SMILES string of the molecule is O=C1c2c(cccc2-c2cn[nH]c2)CN1CCc1ccc2sccc2n1. The first-order valence-electron chi connectivity index (χ1n) is 8.53. The van der Waals surface area contributed by atoms with E-state index < -0.39 is 0 Å². The Morgan fingerprint density at radius 2 is 2.15 bits per heavy atom. The first kappa shape index (κ1) is 15.3. The van der Waals surface area contributed by atoms with Gasteiger partial charge in [-0.15, -0.1) is 11.3 Å². The minimum atomic E-state index is 0.0911. The molecule has 1 aromatic carbocycles. The zero-order valence-electron chi connectivity index (χ0n) is 14.0. The monoisotopic (exact) mass is 360 g/mol. The van der Waals surface area contributed by atoms with E-state index >= 15 is 0 Å². The van der Waals surface area contributed by atoms with Gasteiger partial charge in [0.15, 0.2) is 0 Å². The van der Waals surface area contributed by atoms with E-state index in [1.54, 1.807) is 17.5 Å². The van der Waals surface area contributed by atoms with Gasteiger partial charge in [-0.2, -0.15) is 5.10 Å². The molecule has 6 heteroatoms. The summed E-state index contributed by atoms with van der Waals surface area (Å²) in [5.41, 5.74) is 5.83. The van der Waals surface area contributed by atoms with Gasteiger partial charge in [-0.05, 0) is 34.7 Å². The Balaban J connectivity index is 1.38. The summed E-state index contributed by atoms with van der Waals surface area (Å²) in [5.74, 6) is 0.0911. The van der Waals surface area contributed by atoms with Crippen LogP contribution in [0.1, 0.15) is 21.6 Å². The van der Waals surface area contributed by atoms with Crippen molar-refractivity contribution < 1.29 is 4.79 Å². The molecule has 3 aromatic heterocycles. The predicted octanol–water partition coefficient (Wildman–Crippen LogP) is 3.88. The number of carbonyl (C=O) groups excluding carboxylic acids is 1.